The number of anilines is 2. The maximum atomic E-state index is 12.3. The molecule has 0 bridgehead atoms. The lowest BCUT2D eigenvalue weighted by molar-refractivity contribution is -0.127. The van der Waals surface area contributed by atoms with Crippen molar-refractivity contribution in [3.63, 3.8) is 0 Å². The maximum absolute atomic E-state index is 12.3. The molecule has 2 heterocycles. The van der Waals surface area contributed by atoms with Crippen molar-refractivity contribution in [1.29, 1.82) is 0 Å². The molecular formula is C53H81N8O4P. The molecule has 2 aromatic heterocycles. The number of H-pyrrole nitrogens is 2. The van der Waals surface area contributed by atoms with Crippen molar-refractivity contribution in [1.82, 2.24) is 20.4 Å². The second-order valence-corrected chi connectivity index (χ2v) is 15.5. The number of Topliss-reactive ketones (excluding diaryl/α,β-unsaturated/α-hetero) is 3. The molecule has 0 saturated heterocycles. The van der Waals surface area contributed by atoms with E-state index in [9.17, 15) is 19.2 Å². The van der Waals surface area contributed by atoms with Gasteiger partial charge in [0, 0.05) is 68.7 Å². The summed E-state index contributed by atoms with van der Waals surface area (Å²) in [5.41, 5.74) is 29.1. The normalized spacial score (nSPS) is 10.6. The molecule has 0 aliphatic carbocycles. The van der Waals surface area contributed by atoms with Crippen LogP contribution in [0.4, 0.5) is 11.4 Å². The van der Waals surface area contributed by atoms with Crippen LogP contribution in [0.3, 0.4) is 0 Å². The first kappa shape index (κ1) is 62.2. The molecule has 0 aliphatic rings. The molecule has 12 nitrogen and oxygen atoms in total. The quantitative estimate of drug-likeness (QED) is 0.0212. The molecule has 0 aliphatic heterocycles. The Morgan fingerprint density at radius 1 is 0.636 bits per heavy atom. The summed E-state index contributed by atoms with van der Waals surface area (Å²) in [4.78, 5) is 52.5. The predicted molar refractivity (Wildman–Crippen MR) is 287 cm³/mol. The lowest BCUT2D eigenvalue weighted by Crippen LogP contribution is -2.32. The van der Waals surface area contributed by atoms with Crippen molar-refractivity contribution in [2.24, 2.45) is 11.5 Å². The van der Waals surface area contributed by atoms with Gasteiger partial charge in [-0.25, -0.2) is 0 Å². The smallest absolute Gasteiger partial charge is 0.220 e. The van der Waals surface area contributed by atoms with E-state index in [1.54, 1.807) is 24.4 Å². The van der Waals surface area contributed by atoms with Crippen LogP contribution in [0.2, 0.25) is 0 Å². The number of carbonyl (C=O) groups is 4. The topological polar surface area (TPSA) is 228 Å². The maximum Gasteiger partial charge on any atom is 0.220 e. The summed E-state index contributed by atoms with van der Waals surface area (Å²) < 4.78 is 0. The number of ketones is 3. The third-order valence-electron chi connectivity index (χ3n) is 9.81. The molecule has 3 atom stereocenters. The van der Waals surface area contributed by atoms with Gasteiger partial charge in [0.15, 0.2) is 17.3 Å². The van der Waals surface area contributed by atoms with Gasteiger partial charge in [-0.3, -0.25) is 19.2 Å². The molecule has 6 rings (SSSR count). The number of aromatic amines is 2. The van der Waals surface area contributed by atoms with Crippen LogP contribution in [-0.4, -0.2) is 47.3 Å². The molecule has 0 fully saturated rings. The third-order valence-corrected chi connectivity index (χ3v) is 9.81. The van der Waals surface area contributed by atoms with Crippen LogP contribution in [0.5, 0.6) is 0 Å². The van der Waals surface area contributed by atoms with E-state index < -0.39 is 12.1 Å². The van der Waals surface area contributed by atoms with Gasteiger partial charge in [0.1, 0.15) is 6.04 Å². The number of hydrogen-bond acceptors (Lipinski definition) is 9. The van der Waals surface area contributed by atoms with E-state index in [4.69, 9.17) is 17.2 Å². The number of rotatable bonds is 15. The second kappa shape index (κ2) is 35.4. The van der Waals surface area contributed by atoms with Crippen LogP contribution in [0.1, 0.15) is 140 Å². The Morgan fingerprint density at radius 3 is 1.45 bits per heavy atom. The second-order valence-electron chi connectivity index (χ2n) is 14.9. The standard InChI is InChI=1S/C21H30N2O2.C11H12N2O.C9H11N.C8H9NO.CH6NP.CH5N.2CH4/c1-3-4-5-6-7-8-9-14-20(25)23-21(16(2)24)18-15-22-19-13-11-10-12-17(18)19;1-7(14)11(12)9-6-13-10-5-3-2-4-8(9)10;1-7(2)8-5-3-4-6-9(8)10;1-6(10)7-4-2-3-5-8(7)9;1-2-3;1-2;;/h10-13,15,21-22H,3-9,14H2,1-2H3,(H,23,25);2-6,11,13H,12H2,1H3;3-6H,1,10H2,2H3;2-5H,9H2,1H3;2H,3H2,1H3;2H2,1H3;2*1H4. The highest BCUT2D eigenvalue weighted by Gasteiger charge is 2.22. The van der Waals surface area contributed by atoms with Gasteiger partial charge in [-0.05, 0) is 89.7 Å². The minimum atomic E-state index is -0.576. The Bertz CT molecular complexity index is 2260. The van der Waals surface area contributed by atoms with Gasteiger partial charge in [0.2, 0.25) is 5.91 Å². The van der Waals surface area contributed by atoms with Gasteiger partial charge in [-0.15, -0.1) is 0 Å². The zero-order valence-corrected chi connectivity index (χ0v) is 40.1. The molecule has 66 heavy (non-hydrogen) atoms. The number of fused-ring (bicyclic) bond motifs is 2. The number of allylic oxidation sites excluding steroid dienone is 1. The molecule has 6 aromatic rings. The average molecular weight is 925 g/mol. The number of para-hydroxylation sites is 4. The van der Waals surface area contributed by atoms with E-state index >= 15 is 0 Å². The summed E-state index contributed by atoms with van der Waals surface area (Å²) in [5.74, 6) is -0.0930. The predicted octanol–water partition coefficient (Wildman–Crippen LogP) is 11.4. The van der Waals surface area contributed by atoms with Crippen LogP contribution < -0.4 is 33.3 Å². The lowest BCUT2D eigenvalue weighted by Gasteiger charge is -2.15. The number of amides is 1. The van der Waals surface area contributed by atoms with Crippen molar-refractivity contribution in [2.75, 3.05) is 25.6 Å². The molecule has 0 saturated carbocycles. The van der Waals surface area contributed by atoms with Crippen molar-refractivity contribution in [3.05, 3.63) is 138 Å². The highest BCUT2D eigenvalue weighted by atomic mass is 31.0. The molecule has 0 radical (unpaired) electrons. The Balaban J connectivity index is 0. The Kier molecular flexibility index (Phi) is 33.3. The monoisotopic (exact) mass is 925 g/mol. The first-order chi connectivity index (χ1) is 30.7. The summed E-state index contributed by atoms with van der Waals surface area (Å²) in [5, 5.41) is 7.59. The van der Waals surface area contributed by atoms with Crippen molar-refractivity contribution in [3.8, 4) is 0 Å². The number of nitrogen functional groups attached to an aromatic ring is 2. The van der Waals surface area contributed by atoms with Gasteiger partial charge >= 0.3 is 0 Å². The number of nitrogens with two attached hydrogens (primary N) is 4. The lowest BCUT2D eigenvalue weighted by atomic mass is 10.0. The molecule has 4 aromatic carbocycles. The zero-order chi connectivity index (χ0) is 48.0. The zero-order valence-electron chi connectivity index (χ0n) is 38.9. The van der Waals surface area contributed by atoms with Gasteiger partial charge in [0.05, 0.1) is 6.04 Å². The molecule has 1 amide bonds. The van der Waals surface area contributed by atoms with Crippen LogP contribution in [0.15, 0.2) is 116 Å². The Hall–Kier alpha value is -5.91. The Labute approximate surface area is 397 Å². The molecule has 362 valence electrons. The van der Waals surface area contributed by atoms with Gasteiger partial charge in [-0.1, -0.05) is 143 Å². The molecule has 0 spiro atoms. The van der Waals surface area contributed by atoms with Crippen molar-refractivity contribution < 1.29 is 19.2 Å². The van der Waals surface area contributed by atoms with Crippen LogP contribution in [0.25, 0.3) is 27.4 Å². The van der Waals surface area contributed by atoms with E-state index in [1.165, 1.54) is 59.9 Å². The summed E-state index contributed by atoms with van der Waals surface area (Å²) in [6.07, 6.45) is 12.4. The molecular weight excluding hydrogens is 844 g/mol. The van der Waals surface area contributed by atoms with E-state index in [0.717, 1.165) is 62.6 Å². The summed E-state index contributed by atoms with van der Waals surface area (Å²) in [7, 11) is 5.67. The third kappa shape index (κ3) is 21.8. The summed E-state index contributed by atoms with van der Waals surface area (Å²) >= 11 is 0. The minimum Gasteiger partial charge on any atom is -0.398 e. The van der Waals surface area contributed by atoms with Crippen LogP contribution in [-0.2, 0) is 14.4 Å². The fourth-order valence-electron chi connectivity index (χ4n) is 6.48. The first-order valence-corrected chi connectivity index (χ1v) is 22.2. The highest BCUT2D eigenvalue weighted by Crippen LogP contribution is 2.26. The number of nitrogens with one attached hydrogen (secondary N) is 4. The minimum absolute atomic E-state index is 0. The van der Waals surface area contributed by atoms with Gasteiger partial charge in [0.25, 0.3) is 0 Å². The number of unbranched alkanes of at least 4 members (excludes halogenated alkanes) is 6. The van der Waals surface area contributed by atoms with E-state index in [1.807, 2.05) is 99.0 Å². The largest absolute Gasteiger partial charge is 0.398 e. The average Bonchev–Trinajstić information content (AvgIpc) is 3.92. The fraction of sp³-hybridized carbons (Fsp3) is 0.358. The SMILES string of the molecule is C.C.C=C(C)c1ccccc1N.CC(=O)C(N)c1c[nH]c2ccccc12.CC(=O)c1ccccc1N.CCCCCCCCCC(=O)NC(C(C)=O)c1c[nH]c2ccccc12.CN.CNP. The molecule has 13 heteroatoms. The van der Waals surface area contributed by atoms with Crippen molar-refractivity contribution >= 4 is 71.4 Å². The van der Waals surface area contributed by atoms with E-state index in [-0.39, 0.29) is 38.1 Å². The summed E-state index contributed by atoms with van der Waals surface area (Å²) in [6, 6.07) is 29.3. The number of hydrogen-bond donors (Lipinski definition) is 8. The van der Waals surface area contributed by atoms with Gasteiger partial charge < -0.3 is 43.3 Å². The number of carbonyl (C=O) groups excluding carboxylic acids is 4. The first-order valence-electron chi connectivity index (χ1n) is 21.7. The fourth-order valence-corrected chi connectivity index (χ4v) is 6.48. The van der Waals surface area contributed by atoms with E-state index in [2.05, 4.69) is 49.0 Å². The summed E-state index contributed by atoms with van der Waals surface area (Å²) in [6.45, 7) is 12.5. The van der Waals surface area contributed by atoms with Crippen LogP contribution >= 0.6 is 9.39 Å². The van der Waals surface area contributed by atoms with E-state index in [0.29, 0.717) is 17.7 Å². The highest BCUT2D eigenvalue weighted by molar-refractivity contribution is 7.13. The molecule has 12 N–H and O–H groups in total. The van der Waals surface area contributed by atoms with Crippen molar-refractivity contribution in [2.45, 2.75) is 113 Å². The number of aromatic nitrogens is 2. The van der Waals surface area contributed by atoms with Gasteiger partial charge in [-0.2, -0.15) is 0 Å². The number of benzene rings is 4. The molecule has 3 unspecified atom stereocenters. The van der Waals surface area contributed by atoms with Crippen LogP contribution in [0, 0.1) is 0 Å². The Morgan fingerprint density at radius 2 is 1.05 bits per heavy atom.